The third kappa shape index (κ3) is 4.81. The molecular weight excluding hydrogens is 423 g/mol. The minimum absolute atomic E-state index is 0.000601. The fourth-order valence-electron chi connectivity index (χ4n) is 3.29. The van der Waals surface area contributed by atoms with Gasteiger partial charge in [0.2, 0.25) is 5.88 Å². The van der Waals surface area contributed by atoms with Crippen LogP contribution in [0, 0.1) is 17.1 Å². The van der Waals surface area contributed by atoms with Crippen LogP contribution in [0.3, 0.4) is 0 Å². The maximum atomic E-state index is 14.8. The van der Waals surface area contributed by atoms with Crippen LogP contribution in [-0.4, -0.2) is 12.6 Å². The van der Waals surface area contributed by atoms with Crippen molar-refractivity contribution in [3.8, 4) is 11.8 Å². The summed E-state index contributed by atoms with van der Waals surface area (Å²) in [6, 6.07) is 13.2. The zero-order valence-corrected chi connectivity index (χ0v) is 17.7. The predicted molar refractivity (Wildman–Crippen MR) is 112 cm³/mol. The molecule has 1 heterocycles. The van der Waals surface area contributed by atoms with Crippen LogP contribution in [0.2, 0.25) is 5.02 Å². The van der Waals surface area contributed by atoms with E-state index in [2.05, 4.69) is 0 Å². The summed E-state index contributed by atoms with van der Waals surface area (Å²) in [6.07, 6.45) is 0. The topological polar surface area (TPSA) is 94.6 Å². The van der Waals surface area contributed by atoms with E-state index in [0.717, 1.165) is 5.56 Å². The maximum absolute atomic E-state index is 14.8. The van der Waals surface area contributed by atoms with Crippen LogP contribution in [-0.2, 0) is 20.9 Å². The Bertz CT molecular complexity index is 1120. The molecule has 0 bridgehead atoms. The quantitative estimate of drug-likeness (QED) is 0.651. The van der Waals surface area contributed by atoms with Crippen molar-refractivity contribution in [2.45, 2.75) is 26.4 Å². The molecule has 160 valence electrons. The lowest BCUT2D eigenvalue weighted by Gasteiger charge is -2.27. The Morgan fingerprint density at radius 1 is 1.32 bits per heavy atom. The average molecular weight is 443 g/mol. The number of halogens is 2. The first kappa shape index (κ1) is 22.2. The first-order valence-electron chi connectivity index (χ1n) is 9.47. The van der Waals surface area contributed by atoms with Crippen molar-refractivity contribution in [2.75, 3.05) is 6.61 Å². The lowest BCUT2D eigenvalue weighted by Crippen LogP contribution is -2.25. The Kier molecular flexibility index (Phi) is 6.83. The second-order valence-electron chi connectivity index (χ2n) is 6.72. The minimum atomic E-state index is -0.922. The molecule has 0 aliphatic carbocycles. The third-order valence-electron chi connectivity index (χ3n) is 4.67. The zero-order chi connectivity index (χ0) is 22.5. The number of ether oxygens (including phenoxy) is 3. The summed E-state index contributed by atoms with van der Waals surface area (Å²) in [5, 5.41) is 10.1. The van der Waals surface area contributed by atoms with Crippen molar-refractivity contribution in [1.82, 2.24) is 0 Å². The number of esters is 1. The largest absolute Gasteiger partial charge is 0.486 e. The van der Waals surface area contributed by atoms with Crippen molar-refractivity contribution in [2.24, 2.45) is 5.73 Å². The van der Waals surface area contributed by atoms with Gasteiger partial charge in [0.1, 0.15) is 24.0 Å². The molecule has 3 rings (SSSR count). The summed E-state index contributed by atoms with van der Waals surface area (Å²) in [4.78, 5) is 12.5. The smallest absolute Gasteiger partial charge is 0.338 e. The number of benzene rings is 2. The molecule has 2 aromatic carbocycles. The van der Waals surface area contributed by atoms with Gasteiger partial charge in [-0.3, -0.25) is 0 Å². The van der Waals surface area contributed by atoms with Crippen LogP contribution in [0.15, 0.2) is 65.3 Å². The summed E-state index contributed by atoms with van der Waals surface area (Å²) in [5.41, 5.74) is 7.08. The molecule has 0 fully saturated rings. The molecule has 0 aromatic heterocycles. The second-order valence-corrected chi connectivity index (χ2v) is 7.16. The van der Waals surface area contributed by atoms with Gasteiger partial charge in [-0.25, -0.2) is 9.18 Å². The van der Waals surface area contributed by atoms with Gasteiger partial charge in [-0.1, -0.05) is 29.8 Å². The van der Waals surface area contributed by atoms with Crippen molar-refractivity contribution in [3.63, 3.8) is 0 Å². The molecule has 0 radical (unpaired) electrons. The highest BCUT2D eigenvalue weighted by atomic mass is 35.5. The molecule has 0 spiro atoms. The molecule has 31 heavy (non-hydrogen) atoms. The summed E-state index contributed by atoms with van der Waals surface area (Å²) < 4.78 is 30.9. The second kappa shape index (κ2) is 9.54. The van der Waals surface area contributed by atoms with Gasteiger partial charge < -0.3 is 19.9 Å². The maximum Gasteiger partial charge on any atom is 0.338 e. The van der Waals surface area contributed by atoms with E-state index in [0.29, 0.717) is 10.6 Å². The molecule has 1 unspecified atom stereocenters. The highest BCUT2D eigenvalue weighted by Crippen LogP contribution is 2.40. The molecule has 1 aliphatic rings. The molecule has 0 saturated carbocycles. The van der Waals surface area contributed by atoms with Crippen LogP contribution in [0.1, 0.15) is 30.9 Å². The molecule has 6 nitrogen and oxygen atoms in total. The number of nitrogens with two attached hydrogens (primary N) is 1. The number of carbonyl (C=O) groups is 1. The first-order chi connectivity index (χ1) is 14.8. The van der Waals surface area contributed by atoms with Gasteiger partial charge in [0, 0.05) is 5.02 Å². The van der Waals surface area contributed by atoms with E-state index in [1.165, 1.54) is 12.1 Å². The number of hydrogen-bond donors (Lipinski definition) is 1. The van der Waals surface area contributed by atoms with Crippen LogP contribution in [0.5, 0.6) is 5.75 Å². The van der Waals surface area contributed by atoms with E-state index in [4.69, 9.17) is 31.5 Å². The number of hydrogen-bond acceptors (Lipinski definition) is 6. The van der Waals surface area contributed by atoms with Gasteiger partial charge in [0.25, 0.3) is 0 Å². The summed E-state index contributed by atoms with van der Waals surface area (Å²) in [5.74, 6) is -2.16. The number of nitriles is 1. The Balaban J connectivity index is 1.93. The van der Waals surface area contributed by atoms with E-state index in [9.17, 15) is 14.4 Å². The Labute approximate surface area is 184 Å². The molecule has 1 aliphatic heterocycles. The fourth-order valence-corrected chi connectivity index (χ4v) is 3.50. The predicted octanol–water partition coefficient (Wildman–Crippen LogP) is 4.70. The van der Waals surface area contributed by atoms with Crippen molar-refractivity contribution in [3.05, 3.63) is 87.2 Å². The van der Waals surface area contributed by atoms with E-state index in [1.54, 1.807) is 38.1 Å². The third-order valence-corrected chi connectivity index (χ3v) is 4.91. The number of nitrogens with zero attached hydrogens (tertiary/aromatic N) is 1. The Morgan fingerprint density at radius 2 is 2.10 bits per heavy atom. The Hall–Kier alpha value is -3.50. The molecule has 2 N–H and O–H groups in total. The molecule has 0 amide bonds. The van der Waals surface area contributed by atoms with Gasteiger partial charge in [-0.2, -0.15) is 5.26 Å². The molecule has 8 heteroatoms. The van der Waals surface area contributed by atoms with Crippen molar-refractivity contribution < 1.29 is 23.4 Å². The molecule has 1 atom stereocenters. The van der Waals surface area contributed by atoms with E-state index in [1.807, 2.05) is 12.1 Å². The monoisotopic (exact) mass is 442 g/mol. The normalized spacial score (nSPS) is 15.9. The summed E-state index contributed by atoms with van der Waals surface area (Å²) >= 11 is 5.95. The van der Waals surface area contributed by atoms with Gasteiger partial charge in [-0.15, -0.1) is 0 Å². The Morgan fingerprint density at radius 3 is 2.74 bits per heavy atom. The average Bonchev–Trinajstić information content (AvgIpc) is 2.72. The van der Waals surface area contributed by atoms with Crippen molar-refractivity contribution >= 4 is 17.6 Å². The SMILES string of the molecule is CCOC(=O)C1=C(C)OC(N)=C(C#N)C1c1ccc(OCc2cccc(Cl)c2)c(F)c1. The lowest BCUT2D eigenvalue weighted by molar-refractivity contribution is -0.139. The molecular formula is C23H20ClFN2O4. The number of rotatable bonds is 6. The summed E-state index contributed by atoms with van der Waals surface area (Å²) in [7, 11) is 0. The minimum Gasteiger partial charge on any atom is -0.486 e. The molecule has 0 saturated heterocycles. The number of allylic oxidation sites excluding steroid dienone is 2. The molecule has 2 aromatic rings. The summed E-state index contributed by atoms with van der Waals surface area (Å²) in [6.45, 7) is 3.46. The van der Waals surface area contributed by atoms with Crippen LogP contribution in [0.4, 0.5) is 4.39 Å². The van der Waals surface area contributed by atoms with Crippen LogP contribution >= 0.6 is 11.6 Å². The van der Waals surface area contributed by atoms with Gasteiger partial charge in [-0.05, 0) is 49.2 Å². The van der Waals surface area contributed by atoms with Crippen molar-refractivity contribution in [1.29, 1.82) is 5.26 Å². The number of carbonyl (C=O) groups excluding carboxylic acids is 1. The van der Waals surface area contributed by atoms with E-state index >= 15 is 0 Å². The van der Waals surface area contributed by atoms with Crippen LogP contribution in [0.25, 0.3) is 0 Å². The standard InChI is InChI=1S/C23H20ClFN2O4/c1-3-29-23(28)20-13(2)31-22(27)17(11-26)21(20)15-7-8-19(18(25)10-15)30-12-14-5-4-6-16(24)9-14/h4-10,21H,3,12,27H2,1-2H3. The van der Waals surface area contributed by atoms with Gasteiger partial charge in [0.15, 0.2) is 11.6 Å². The first-order valence-corrected chi connectivity index (χ1v) is 9.85. The zero-order valence-electron chi connectivity index (χ0n) is 16.9. The van der Waals surface area contributed by atoms with Crippen LogP contribution < -0.4 is 10.5 Å². The van der Waals surface area contributed by atoms with Gasteiger partial charge >= 0.3 is 5.97 Å². The highest BCUT2D eigenvalue weighted by molar-refractivity contribution is 6.30. The highest BCUT2D eigenvalue weighted by Gasteiger charge is 2.36. The fraction of sp³-hybridized carbons (Fsp3) is 0.217. The lowest BCUT2D eigenvalue weighted by atomic mass is 9.83. The van der Waals surface area contributed by atoms with E-state index in [-0.39, 0.29) is 41.8 Å². The van der Waals surface area contributed by atoms with Gasteiger partial charge in [0.05, 0.1) is 18.1 Å². The van der Waals surface area contributed by atoms with E-state index < -0.39 is 17.7 Å².